The van der Waals surface area contributed by atoms with Crippen LogP contribution in [0.4, 0.5) is 10.3 Å². The van der Waals surface area contributed by atoms with Crippen molar-refractivity contribution < 1.29 is 0 Å². The van der Waals surface area contributed by atoms with Crippen molar-refractivity contribution in [3.63, 3.8) is 0 Å². The van der Waals surface area contributed by atoms with Gasteiger partial charge in [-0.3, -0.25) is 0 Å². The largest absolute Gasteiger partial charge is 0.362 e. The van der Waals surface area contributed by atoms with Crippen molar-refractivity contribution in [2.24, 2.45) is 0 Å². The molecule has 0 amide bonds. The van der Waals surface area contributed by atoms with Gasteiger partial charge in [-0.2, -0.15) is 0 Å². The van der Waals surface area contributed by atoms with Crippen LogP contribution in [0.1, 0.15) is 26.7 Å². The van der Waals surface area contributed by atoms with Crippen LogP contribution in [0, 0.1) is 0 Å². The first-order chi connectivity index (χ1) is 11.8. The molecule has 0 aliphatic carbocycles. The third-order valence-electron chi connectivity index (χ3n) is 3.51. The van der Waals surface area contributed by atoms with Crippen LogP contribution in [0.2, 0.25) is 0 Å². The number of anilines is 2. The quantitative estimate of drug-likeness (QED) is 0.552. The van der Waals surface area contributed by atoms with Gasteiger partial charge in [0.1, 0.15) is 0 Å². The lowest BCUT2D eigenvalue weighted by molar-refractivity contribution is 0.976. The van der Waals surface area contributed by atoms with E-state index in [1.54, 1.807) is 22.7 Å². The van der Waals surface area contributed by atoms with Crippen molar-refractivity contribution >= 4 is 32.9 Å². The van der Waals surface area contributed by atoms with Crippen molar-refractivity contribution in [1.29, 1.82) is 0 Å². The first-order valence-corrected chi connectivity index (χ1v) is 10.1. The molecule has 6 heteroatoms. The van der Waals surface area contributed by atoms with Crippen molar-refractivity contribution in [3.05, 3.63) is 35.0 Å². The molecule has 3 aromatic rings. The predicted octanol–water partition coefficient (Wildman–Crippen LogP) is 5.58. The van der Waals surface area contributed by atoms with Crippen LogP contribution in [0.3, 0.4) is 0 Å². The first-order valence-electron chi connectivity index (χ1n) is 8.29. The van der Waals surface area contributed by atoms with Gasteiger partial charge >= 0.3 is 0 Å². The van der Waals surface area contributed by atoms with Gasteiger partial charge in [-0.25, -0.2) is 9.97 Å². The highest BCUT2D eigenvalue weighted by atomic mass is 32.1. The third-order valence-corrected chi connectivity index (χ3v) is 5.11. The van der Waals surface area contributed by atoms with Crippen LogP contribution in [0.25, 0.3) is 22.5 Å². The Morgan fingerprint density at radius 1 is 0.833 bits per heavy atom. The van der Waals surface area contributed by atoms with E-state index < -0.39 is 0 Å². The smallest absolute Gasteiger partial charge is 0.183 e. The number of hydrogen-bond donors (Lipinski definition) is 2. The van der Waals surface area contributed by atoms with E-state index >= 15 is 0 Å². The molecule has 0 spiro atoms. The number of hydrogen-bond acceptors (Lipinski definition) is 6. The van der Waals surface area contributed by atoms with E-state index in [1.807, 2.05) is 0 Å². The lowest BCUT2D eigenvalue weighted by atomic mass is 10.1. The second-order valence-corrected chi connectivity index (χ2v) is 7.23. The molecule has 0 fully saturated rings. The van der Waals surface area contributed by atoms with Crippen LogP contribution in [0.15, 0.2) is 35.0 Å². The minimum absolute atomic E-state index is 0.958. The summed E-state index contributed by atoms with van der Waals surface area (Å²) in [7, 11) is 0. The van der Waals surface area contributed by atoms with Crippen LogP contribution in [-0.2, 0) is 0 Å². The minimum atomic E-state index is 0.958. The number of nitrogens with zero attached hydrogens (tertiary/aromatic N) is 2. The van der Waals surface area contributed by atoms with E-state index in [4.69, 9.17) is 0 Å². The van der Waals surface area contributed by atoms with Crippen LogP contribution < -0.4 is 10.6 Å². The Balaban J connectivity index is 1.78. The Morgan fingerprint density at radius 2 is 1.33 bits per heavy atom. The summed E-state index contributed by atoms with van der Waals surface area (Å²) < 4.78 is 0. The molecule has 0 aliphatic heterocycles. The maximum Gasteiger partial charge on any atom is 0.183 e. The summed E-state index contributed by atoms with van der Waals surface area (Å²) in [5.74, 6) is 0. The number of aromatic nitrogens is 2. The monoisotopic (exact) mass is 358 g/mol. The molecule has 126 valence electrons. The van der Waals surface area contributed by atoms with Crippen LogP contribution in [-0.4, -0.2) is 23.1 Å². The zero-order chi connectivity index (χ0) is 16.8. The minimum Gasteiger partial charge on any atom is -0.362 e. The zero-order valence-electron chi connectivity index (χ0n) is 14.0. The standard InChI is InChI=1S/C18H22N4S2/c1-3-8-19-17-21-15(11-23-17)13-6-5-7-14(10-13)16-12-24-18(22-16)20-9-4-2/h5-7,10-12H,3-4,8-9H2,1-2H3,(H,19,21)(H,20,22). The lowest BCUT2D eigenvalue weighted by Gasteiger charge is -2.02. The van der Waals surface area contributed by atoms with Gasteiger partial charge in [-0.1, -0.05) is 32.0 Å². The number of thiazole rings is 2. The normalized spacial score (nSPS) is 10.8. The fourth-order valence-corrected chi connectivity index (χ4v) is 3.77. The Kier molecular flexibility index (Phi) is 5.82. The topological polar surface area (TPSA) is 49.8 Å². The SMILES string of the molecule is CCCNc1nc(-c2cccc(-c3csc(NCCC)n3)c2)cs1. The highest BCUT2D eigenvalue weighted by molar-refractivity contribution is 7.14. The molecule has 3 rings (SSSR count). The first kappa shape index (κ1) is 16.9. The van der Waals surface area contributed by atoms with E-state index in [0.29, 0.717) is 0 Å². The summed E-state index contributed by atoms with van der Waals surface area (Å²) in [5.41, 5.74) is 4.29. The van der Waals surface area contributed by atoms with Crippen molar-refractivity contribution in [2.75, 3.05) is 23.7 Å². The van der Waals surface area contributed by atoms with Gasteiger partial charge in [-0.05, 0) is 18.9 Å². The molecule has 2 heterocycles. The summed E-state index contributed by atoms with van der Waals surface area (Å²) in [6.07, 6.45) is 2.20. The summed E-state index contributed by atoms with van der Waals surface area (Å²) in [4.78, 5) is 9.35. The predicted molar refractivity (Wildman–Crippen MR) is 106 cm³/mol. The van der Waals surface area contributed by atoms with E-state index in [1.165, 1.54) is 0 Å². The summed E-state index contributed by atoms with van der Waals surface area (Å²) in [6, 6.07) is 8.44. The molecule has 0 unspecified atom stereocenters. The van der Waals surface area contributed by atoms with Gasteiger partial charge < -0.3 is 10.6 Å². The molecular formula is C18H22N4S2. The molecule has 2 aromatic heterocycles. The highest BCUT2D eigenvalue weighted by Gasteiger charge is 2.08. The molecule has 24 heavy (non-hydrogen) atoms. The molecule has 1 aromatic carbocycles. The third kappa shape index (κ3) is 4.13. The van der Waals surface area contributed by atoms with Crippen LogP contribution >= 0.6 is 22.7 Å². The second kappa shape index (κ2) is 8.26. The molecule has 0 aliphatic rings. The molecule has 4 nitrogen and oxygen atoms in total. The average Bonchev–Trinajstić information content (AvgIpc) is 3.28. The molecule has 0 bridgehead atoms. The second-order valence-electron chi connectivity index (χ2n) is 5.51. The average molecular weight is 359 g/mol. The van der Waals surface area contributed by atoms with Crippen molar-refractivity contribution in [3.8, 4) is 22.5 Å². The fraction of sp³-hybridized carbons (Fsp3) is 0.333. The Bertz CT molecular complexity index is 717. The van der Waals surface area contributed by atoms with Crippen molar-refractivity contribution in [2.45, 2.75) is 26.7 Å². The molecule has 0 atom stereocenters. The fourth-order valence-electron chi connectivity index (χ4n) is 2.28. The van der Waals surface area contributed by atoms with Gasteiger partial charge in [-0.15, -0.1) is 22.7 Å². The Labute approximate surface area is 151 Å². The van der Waals surface area contributed by atoms with Crippen LogP contribution in [0.5, 0.6) is 0 Å². The molecular weight excluding hydrogens is 336 g/mol. The van der Waals surface area contributed by atoms with Gasteiger partial charge in [0.05, 0.1) is 11.4 Å². The summed E-state index contributed by atoms with van der Waals surface area (Å²) in [6.45, 7) is 6.23. The van der Waals surface area contributed by atoms with Gasteiger partial charge in [0.15, 0.2) is 10.3 Å². The zero-order valence-corrected chi connectivity index (χ0v) is 15.6. The van der Waals surface area contributed by atoms with E-state index in [-0.39, 0.29) is 0 Å². The Hall–Kier alpha value is -1.92. The van der Waals surface area contributed by atoms with Gasteiger partial charge in [0.2, 0.25) is 0 Å². The summed E-state index contributed by atoms with van der Waals surface area (Å²) >= 11 is 3.31. The molecule has 0 saturated carbocycles. The van der Waals surface area contributed by atoms with Gasteiger partial charge in [0, 0.05) is 35.0 Å². The molecule has 0 saturated heterocycles. The van der Waals surface area contributed by atoms with Crippen molar-refractivity contribution in [1.82, 2.24) is 9.97 Å². The van der Waals surface area contributed by atoms with E-state index in [0.717, 1.165) is 58.7 Å². The van der Waals surface area contributed by atoms with Gasteiger partial charge in [0.25, 0.3) is 0 Å². The van der Waals surface area contributed by atoms with E-state index in [2.05, 4.69) is 69.5 Å². The number of nitrogens with one attached hydrogen (secondary N) is 2. The maximum atomic E-state index is 4.68. The summed E-state index contributed by atoms with van der Waals surface area (Å²) in [5, 5.41) is 12.9. The molecule has 0 radical (unpaired) electrons. The number of benzene rings is 1. The van der Waals surface area contributed by atoms with E-state index in [9.17, 15) is 0 Å². The highest BCUT2D eigenvalue weighted by Crippen LogP contribution is 2.30. The maximum absolute atomic E-state index is 4.68. The Morgan fingerprint density at radius 3 is 1.79 bits per heavy atom. The lowest BCUT2D eigenvalue weighted by Crippen LogP contribution is -1.98. The number of rotatable bonds is 8. The molecule has 2 N–H and O–H groups in total.